The topological polar surface area (TPSA) is 88.7 Å². The summed E-state index contributed by atoms with van der Waals surface area (Å²) >= 11 is 0. The molecular weight excluding hydrogens is 340 g/mol. The van der Waals surface area contributed by atoms with Gasteiger partial charge in [-0.15, -0.1) is 0 Å². The van der Waals surface area contributed by atoms with Crippen LogP contribution in [0.5, 0.6) is 0 Å². The molecule has 0 saturated carbocycles. The summed E-state index contributed by atoms with van der Waals surface area (Å²) < 4.78 is 5.41. The minimum absolute atomic E-state index is 0.0757. The number of amides is 1. The average Bonchev–Trinajstić information content (AvgIpc) is 3.21. The van der Waals surface area contributed by atoms with Crippen molar-refractivity contribution in [2.45, 2.75) is 70.9 Å². The van der Waals surface area contributed by atoms with E-state index in [1.54, 1.807) is 0 Å². The van der Waals surface area contributed by atoms with E-state index in [1.165, 1.54) is 32.1 Å². The predicted octanol–water partition coefficient (Wildman–Crippen LogP) is 3.57. The van der Waals surface area contributed by atoms with Gasteiger partial charge in [-0.1, -0.05) is 51.2 Å². The minimum Gasteiger partial charge on any atom is -0.370 e. The Bertz CT molecular complexity index is 598. The number of rotatable bonds is 11. The van der Waals surface area contributed by atoms with Gasteiger partial charge in [0.05, 0.1) is 6.54 Å². The van der Waals surface area contributed by atoms with Crippen molar-refractivity contribution >= 4 is 17.6 Å². The molecule has 6 heteroatoms. The maximum atomic E-state index is 12.1. The second-order valence-electron chi connectivity index (χ2n) is 7.09. The first-order valence-electron chi connectivity index (χ1n) is 10.2. The maximum absolute atomic E-state index is 12.1. The molecule has 1 aromatic rings. The average molecular weight is 375 g/mol. The van der Waals surface area contributed by atoms with E-state index in [-0.39, 0.29) is 12.0 Å². The van der Waals surface area contributed by atoms with Crippen LogP contribution in [0.1, 0.15) is 63.9 Å². The van der Waals surface area contributed by atoms with E-state index in [2.05, 4.69) is 22.5 Å². The summed E-state index contributed by atoms with van der Waals surface area (Å²) in [5.74, 6) is 0.394. The molecule has 4 N–H and O–H groups in total. The lowest BCUT2D eigenvalue weighted by molar-refractivity contribution is -0.124. The summed E-state index contributed by atoms with van der Waals surface area (Å²) in [6.07, 6.45) is 8.96. The molecule has 150 valence electrons. The zero-order valence-electron chi connectivity index (χ0n) is 16.5. The fraction of sp³-hybridized carbons (Fsp3) is 0.619. The summed E-state index contributed by atoms with van der Waals surface area (Å²) in [5.41, 5.74) is 7.71. The normalized spacial score (nSPS) is 17.1. The number of benzene rings is 1. The minimum atomic E-state index is -0.325. The second kappa shape index (κ2) is 12.3. The van der Waals surface area contributed by atoms with Gasteiger partial charge in [-0.3, -0.25) is 4.79 Å². The largest absolute Gasteiger partial charge is 0.370 e. The highest BCUT2D eigenvalue weighted by Gasteiger charge is 2.23. The van der Waals surface area contributed by atoms with Crippen LogP contribution in [0.15, 0.2) is 29.3 Å². The van der Waals surface area contributed by atoms with Crippen LogP contribution in [0.4, 0.5) is 5.69 Å². The number of nitrogens with two attached hydrogens (primary N) is 1. The van der Waals surface area contributed by atoms with Gasteiger partial charge in [0.25, 0.3) is 5.91 Å². The Balaban J connectivity index is 1.69. The maximum Gasteiger partial charge on any atom is 0.253 e. The number of nitrogens with zero attached hydrogens (tertiary/aromatic N) is 1. The van der Waals surface area contributed by atoms with Gasteiger partial charge in [-0.2, -0.15) is 0 Å². The molecule has 0 aliphatic carbocycles. The number of hydrogen-bond donors (Lipinski definition) is 3. The van der Waals surface area contributed by atoms with Gasteiger partial charge in [0.2, 0.25) is 0 Å². The fourth-order valence-corrected chi connectivity index (χ4v) is 3.11. The zero-order chi connectivity index (χ0) is 19.3. The van der Waals surface area contributed by atoms with Gasteiger partial charge in [-0.25, -0.2) is 4.99 Å². The number of guanidine groups is 1. The van der Waals surface area contributed by atoms with Crippen LogP contribution in [0.3, 0.4) is 0 Å². The first-order valence-corrected chi connectivity index (χ1v) is 10.2. The van der Waals surface area contributed by atoms with Crippen molar-refractivity contribution in [2.24, 2.45) is 10.7 Å². The van der Waals surface area contributed by atoms with E-state index in [4.69, 9.17) is 10.5 Å². The molecule has 1 aliphatic rings. The highest BCUT2D eigenvalue weighted by Crippen LogP contribution is 2.16. The number of hydrogen-bond acceptors (Lipinski definition) is 3. The highest BCUT2D eigenvalue weighted by molar-refractivity contribution is 5.94. The summed E-state index contributed by atoms with van der Waals surface area (Å²) in [4.78, 5) is 16.5. The van der Waals surface area contributed by atoms with Crippen molar-refractivity contribution < 1.29 is 9.53 Å². The van der Waals surface area contributed by atoms with Gasteiger partial charge < -0.3 is 21.1 Å². The van der Waals surface area contributed by atoms with Gasteiger partial charge in [0.15, 0.2) is 5.96 Å². The first-order chi connectivity index (χ1) is 13.2. The smallest absolute Gasteiger partial charge is 0.253 e. The van der Waals surface area contributed by atoms with Crippen molar-refractivity contribution in [3.8, 4) is 0 Å². The Labute approximate surface area is 163 Å². The molecule has 1 fully saturated rings. The van der Waals surface area contributed by atoms with E-state index in [0.29, 0.717) is 19.1 Å². The Morgan fingerprint density at radius 1 is 1.26 bits per heavy atom. The van der Waals surface area contributed by atoms with Gasteiger partial charge >= 0.3 is 0 Å². The van der Waals surface area contributed by atoms with E-state index in [1.807, 2.05) is 24.3 Å². The Morgan fingerprint density at radius 2 is 2.07 bits per heavy atom. The van der Waals surface area contributed by atoms with Crippen LogP contribution in [-0.4, -0.2) is 31.1 Å². The lowest BCUT2D eigenvalue weighted by Gasteiger charge is -2.11. The number of carbonyl (C=O) groups excluding carboxylic acids is 1. The Kier molecular flexibility index (Phi) is 9.69. The van der Waals surface area contributed by atoms with Crippen molar-refractivity contribution in [3.05, 3.63) is 29.8 Å². The van der Waals surface area contributed by atoms with Crippen LogP contribution in [0, 0.1) is 0 Å². The number of unbranched alkanes of at least 4 members (excludes halogenated alkanes) is 5. The van der Waals surface area contributed by atoms with E-state index in [9.17, 15) is 4.79 Å². The molecule has 0 bridgehead atoms. The van der Waals surface area contributed by atoms with Crippen LogP contribution < -0.4 is 16.4 Å². The van der Waals surface area contributed by atoms with Crippen LogP contribution in [-0.2, 0) is 16.1 Å². The lowest BCUT2D eigenvalue weighted by Crippen LogP contribution is -2.32. The van der Waals surface area contributed by atoms with Gasteiger partial charge in [-0.05, 0) is 37.0 Å². The molecule has 0 aromatic heterocycles. The number of ether oxygens (including phenoxy) is 1. The lowest BCUT2D eigenvalue weighted by atomic mass is 10.1. The molecule has 1 unspecified atom stereocenters. The number of aliphatic imine (C=N–C) groups is 1. The van der Waals surface area contributed by atoms with Crippen LogP contribution in [0.2, 0.25) is 0 Å². The monoisotopic (exact) mass is 374 g/mol. The van der Waals surface area contributed by atoms with Crippen molar-refractivity contribution in [1.29, 1.82) is 0 Å². The zero-order valence-corrected chi connectivity index (χ0v) is 16.5. The third kappa shape index (κ3) is 8.43. The molecule has 1 saturated heterocycles. The number of carbonyl (C=O) groups is 1. The Morgan fingerprint density at radius 3 is 2.85 bits per heavy atom. The molecule has 1 aliphatic heterocycles. The first kappa shape index (κ1) is 21.2. The standard InChI is InChI=1S/C21H34N4O2/c1-2-3-4-5-6-7-13-23-21(22)24-16-17-10-8-11-18(15-17)25-20(26)19-12-9-14-27-19/h8,10-11,15,19H,2-7,9,12-14,16H2,1H3,(H,25,26)(H3,22,23,24). The Hall–Kier alpha value is -2.08. The van der Waals surface area contributed by atoms with E-state index in [0.717, 1.165) is 37.1 Å². The number of anilines is 1. The van der Waals surface area contributed by atoms with Crippen LogP contribution in [0.25, 0.3) is 0 Å². The van der Waals surface area contributed by atoms with Gasteiger partial charge in [0.1, 0.15) is 6.10 Å². The molecule has 27 heavy (non-hydrogen) atoms. The SMILES string of the molecule is CCCCCCCCNC(N)=NCc1cccc(NC(=O)C2CCCO2)c1. The summed E-state index contributed by atoms with van der Waals surface area (Å²) in [5, 5.41) is 6.08. The fourth-order valence-electron chi connectivity index (χ4n) is 3.11. The quantitative estimate of drug-likeness (QED) is 0.314. The molecule has 0 spiro atoms. The van der Waals surface area contributed by atoms with E-state index >= 15 is 0 Å². The highest BCUT2D eigenvalue weighted by atomic mass is 16.5. The summed E-state index contributed by atoms with van der Waals surface area (Å²) in [7, 11) is 0. The summed E-state index contributed by atoms with van der Waals surface area (Å²) in [6.45, 7) is 4.24. The molecule has 1 atom stereocenters. The summed E-state index contributed by atoms with van der Waals surface area (Å²) in [6, 6.07) is 7.69. The van der Waals surface area contributed by atoms with E-state index < -0.39 is 0 Å². The predicted molar refractivity (Wildman–Crippen MR) is 111 cm³/mol. The molecule has 1 amide bonds. The van der Waals surface area contributed by atoms with Crippen LogP contribution >= 0.6 is 0 Å². The molecule has 1 heterocycles. The molecule has 2 rings (SSSR count). The number of nitrogens with one attached hydrogen (secondary N) is 2. The third-order valence-electron chi connectivity index (χ3n) is 4.69. The molecule has 0 radical (unpaired) electrons. The van der Waals surface area contributed by atoms with Crippen molar-refractivity contribution in [3.63, 3.8) is 0 Å². The van der Waals surface area contributed by atoms with Crippen molar-refractivity contribution in [2.75, 3.05) is 18.5 Å². The molecular formula is C21H34N4O2. The molecule has 6 nitrogen and oxygen atoms in total. The van der Waals surface area contributed by atoms with Gasteiger partial charge in [0, 0.05) is 18.8 Å². The second-order valence-corrected chi connectivity index (χ2v) is 7.09. The molecule has 1 aromatic carbocycles. The van der Waals surface area contributed by atoms with Crippen molar-refractivity contribution in [1.82, 2.24) is 5.32 Å². The third-order valence-corrected chi connectivity index (χ3v) is 4.69.